The minimum atomic E-state index is -0.303. The second-order valence-electron chi connectivity index (χ2n) is 5.49. The lowest BCUT2D eigenvalue weighted by Gasteiger charge is -2.31. The molecule has 1 aromatic carbocycles. The Kier molecular flexibility index (Phi) is 8.71. The van der Waals surface area contributed by atoms with Crippen LogP contribution < -0.4 is 5.48 Å². The maximum atomic E-state index is 11.5. The van der Waals surface area contributed by atoms with Gasteiger partial charge < -0.3 is 0 Å². The Morgan fingerprint density at radius 2 is 1.95 bits per heavy atom. The molecular formula is C17H28N2O2. The number of rotatable bonds is 10. The molecule has 1 amide bonds. The van der Waals surface area contributed by atoms with E-state index >= 15 is 0 Å². The summed E-state index contributed by atoms with van der Waals surface area (Å²) < 4.78 is 0. The molecule has 4 nitrogen and oxygen atoms in total. The minimum absolute atomic E-state index is 0.175. The van der Waals surface area contributed by atoms with Gasteiger partial charge in [0, 0.05) is 19.0 Å². The van der Waals surface area contributed by atoms with Crippen LogP contribution in [0.2, 0.25) is 0 Å². The number of hydrogen-bond acceptors (Lipinski definition) is 3. The van der Waals surface area contributed by atoms with Crippen molar-refractivity contribution in [2.75, 3.05) is 6.54 Å². The molecule has 1 aromatic rings. The summed E-state index contributed by atoms with van der Waals surface area (Å²) in [5.41, 5.74) is 3.03. The molecule has 0 saturated heterocycles. The Morgan fingerprint density at radius 1 is 1.24 bits per heavy atom. The van der Waals surface area contributed by atoms with E-state index in [1.165, 1.54) is 5.56 Å². The molecule has 0 radical (unpaired) electrons. The van der Waals surface area contributed by atoms with Crippen molar-refractivity contribution in [3.05, 3.63) is 35.9 Å². The van der Waals surface area contributed by atoms with Gasteiger partial charge in [-0.2, -0.15) is 0 Å². The monoisotopic (exact) mass is 292 g/mol. The number of carbonyl (C=O) groups excluding carboxylic acids is 1. The molecule has 0 bridgehead atoms. The van der Waals surface area contributed by atoms with E-state index in [9.17, 15) is 4.79 Å². The summed E-state index contributed by atoms with van der Waals surface area (Å²) in [5, 5.41) is 8.78. The Balaban J connectivity index is 2.77. The predicted molar refractivity (Wildman–Crippen MR) is 85.0 cm³/mol. The zero-order valence-electron chi connectivity index (χ0n) is 13.2. The lowest BCUT2D eigenvalue weighted by Crippen LogP contribution is -2.39. The van der Waals surface area contributed by atoms with Crippen molar-refractivity contribution in [3.8, 4) is 0 Å². The van der Waals surface area contributed by atoms with Crippen LogP contribution in [-0.4, -0.2) is 28.6 Å². The van der Waals surface area contributed by atoms with Gasteiger partial charge in [-0.3, -0.25) is 14.9 Å². The average molecular weight is 292 g/mol. The van der Waals surface area contributed by atoms with Crippen molar-refractivity contribution in [1.29, 1.82) is 0 Å². The smallest absolute Gasteiger partial charge is 0.244 e. The lowest BCUT2D eigenvalue weighted by atomic mass is 10.0. The van der Waals surface area contributed by atoms with E-state index in [0.29, 0.717) is 6.42 Å². The van der Waals surface area contributed by atoms with Gasteiger partial charge >= 0.3 is 0 Å². The molecule has 0 spiro atoms. The summed E-state index contributed by atoms with van der Waals surface area (Å²) in [4.78, 5) is 13.9. The average Bonchev–Trinajstić information content (AvgIpc) is 2.51. The zero-order valence-corrected chi connectivity index (χ0v) is 13.2. The highest BCUT2D eigenvalue weighted by atomic mass is 16.5. The third-order valence-corrected chi connectivity index (χ3v) is 3.71. The standard InChI is InChI=1S/C17H28N2O2/c1-3-5-12-19(14-15-10-7-6-8-11-15)16(9-4-2)13-17(20)18-21/h6-8,10-11,16,21H,3-5,9,12-14H2,1-2H3,(H,18,20). The van der Waals surface area contributed by atoms with Crippen LogP contribution >= 0.6 is 0 Å². The van der Waals surface area contributed by atoms with E-state index in [-0.39, 0.29) is 11.9 Å². The maximum absolute atomic E-state index is 11.5. The van der Waals surface area contributed by atoms with Crippen LogP contribution in [0.15, 0.2) is 30.3 Å². The van der Waals surface area contributed by atoms with Crippen molar-refractivity contribution in [1.82, 2.24) is 10.4 Å². The molecule has 0 aliphatic heterocycles. The van der Waals surface area contributed by atoms with Gasteiger partial charge in [-0.1, -0.05) is 57.0 Å². The van der Waals surface area contributed by atoms with Crippen LogP contribution in [0.5, 0.6) is 0 Å². The van der Waals surface area contributed by atoms with Gasteiger partial charge in [0.1, 0.15) is 0 Å². The second kappa shape index (κ2) is 10.4. The third-order valence-electron chi connectivity index (χ3n) is 3.71. The number of hydroxylamine groups is 1. The summed E-state index contributed by atoms with van der Waals surface area (Å²) in [6.07, 6.45) is 4.59. The van der Waals surface area contributed by atoms with E-state index in [1.54, 1.807) is 5.48 Å². The van der Waals surface area contributed by atoms with E-state index in [1.807, 2.05) is 18.2 Å². The number of nitrogens with zero attached hydrogens (tertiary/aromatic N) is 1. The molecule has 0 aliphatic rings. The van der Waals surface area contributed by atoms with Crippen LogP contribution in [-0.2, 0) is 11.3 Å². The van der Waals surface area contributed by atoms with Crippen LogP contribution in [0.1, 0.15) is 51.5 Å². The largest absolute Gasteiger partial charge is 0.296 e. The van der Waals surface area contributed by atoms with Crippen molar-refractivity contribution in [2.24, 2.45) is 0 Å². The number of unbranched alkanes of at least 4 members (excludes halogenated alkanes) is 1. The van der Waals surface area contributed by atoms with Crippen molar-refractivity contribution < 1.29 is 10.0 Å². The third kappa shape index (κ3) is 6.74. The number of carbonyl (C=O) groups is 1. The highest BCUT2D eigenvalue weighted by molar-refractivity contribution is 5.75. The summed E-state index contributed by atoms with van der Waals surface area (Å²) >= 11 is 0. The van der Waals surface area contributed by atoms with E-state index in [4.69, 9.17) is 5.21 Å². The topological polar surface area (TPSA) is 52.6 Å². The quantitative estimate of drug-likeness (QED) is 0.513. The number of nitrogens with one attached hydrogen (secondary N) is 1. The Bertz CT molecular complexity index is 395. The molecule has 0 aromatic heterocycles. The molecule has 2 N–H and O–H groups in total. The summed E-state index contributed by atoms with van der Waals surface area (Å²) in [6, 6.07) is 10.5. The first-order valence-corrected chi connectivity index (χ1v) is 7.92. The summed E-state index contributed by atoms with van der Waals surface area (Å²) in [7, 11) is 0. The highest BCUT2D eigenvalue weighted by Crippen LogP contribution is 2.16. The first-order chi connectivity index (χ1) is 10.2. The van der Waals surface area contributed by atoms with Gasteiger partial charge in [0.05, 0.1) is 0 Å². The van der Waals surface area contributed by atoms with Crippen LogP contribution in [0, 0.1) is 0 Å². The predicted octanol–water partition coefficient (Wildman–Crippen LogP) is 3.35. The van der Waals surface area contributed by atoms with Crippen LogP contribution in [0.3, 0.4) is 0 Å². The Morgan fingerprint density at radius 3 is 2.52 bits per heavy atom. The van der Waals surface area contributed by atoms with Gasteiger partial charge in [-0.25, -0.2) is 5.48 Å². The molecule has 1 unspecified atom stereocenters. The maximum Gasteiger partial charge on any atom is 0.244 e. The lowest BCUT2D eigenvalue weighted by molar-refractivity contribution is -0.130. The fraction of sp³-hybridized carbons (Fsp3) is 0.588. The van der Waals surface area contributed by atoms with E-state index in [2.05, 4.69) is 30.9 Å². The zero-order chi connectivity index (χ0) is 15.5. The van der Waals surface area contributed by atoms with E-state index in [0.717, 1.165) is 38.8 Å². The number of amides is 1. The SMILES string of the molecule is CCCCN(Cc1ccccc1)C(CCC)CC(=O)NO. The van der Waals surface area contributed by atoms with Gasteiger partial charge in [-0.15, -0.1) is 0 Å². The van der Waals surface area contributed by atoms with Gasteiger partial charge in [0.15, 0.2) is 0 Å². The molecule has 0 aliphatic carbocycles. The minimum Gasteiger partial charge on any atom is -0.296 e. The summed E-state index contributed by atoms with van der Waals surface area (Å²) in [6.45, 7) is 6.14. The fourth-order valence-electron chi connectivity index (χ4n) is 2.58. The van der Waals surface area contributed by atoms with E-state index < -0.39 is 0 Å². The second-order valence-corrected chi connectivity index (χ2v) is 5.49. The number of hydrogen-bond donors (Lipinski definition) is 2. The van der Waals surface area contributed by atoms with Gasteiger partial charge in [0.2, 0.25) is 5.91 Å². The Labute approximate surface area is 128 Å². The molecule has 0 fully saturated rings. The van der Waals surface area contributed by atoms with Gasteiger partial charge in [-0.05, 0) is 24.9 Å². The molecule has 21 heavy (non-hydrogen) atoms. The first-order valence-electron chi connectivity index (χ1n) is 7.92. The molecule has 0 heterocycles. The summed E-state index contributed by atoms with van der Waals surface area (Å²) in [5.74, 6) is -0.303. The highest BCUT2D eigenvalue weighted by Gasteiger charge is 2.20. The molecule has 118 valence electrons. The van der Waals surface area contributed by atoms with Crippen molar-refractivity contribution in [2.45, 2.75) is 58.5 Å². The molecule has 0 saturated carbocycles. The fourth-order valence-corrected chi connectivity index (χ4v) is 2.58. The van der Waals surface area contributed by atoms with Crippen LogP contribution in [0.25, 0.3) is 0 Å². The molecule has 4 heteroatoms. The number of benzene rings is 1. The van der Waals surface area contributed by atoms with Gasteiger partial charge in [0.25, 0.3) is 0 Å². The molecular weight excluding hydrogens is 264 g/mol. The van der Waals surface area contributed by atoms with Crippen molar-refractivity contribution >= 4 is 5.91 Å². The Hall–Kier alpha value is -1.39. The normalized spacial score (nSPS) is 12.4. The van der Waals surface area contributed by atoms with Crippen LogP contribution in [0.4, 0.5) is 0 Å². The first kappa shape index (κ1) is 17.7. The molecule has 1 rings (SSSR count). The molecule has 1 atom stereocenters. The van der Waals surface area contributed by atoms with Crippen molar-refractivity contribution in [3.63, 3.8) is 0 Å².